The number of amides is 1. The summed E-state index contributed by atoms with van der Waals surface area (Å²) < 4.78 is 53.2. The molecule has 0 aliphatic carbocycles. The van der Waals surface area contributed by atoms with Gasteiger partial charge in [0.2, 0.25) is 20.2 Å². The quantitative estimate of drug-likeness (QED) is 0.474. The molecule has 0 spiro atoms. The summed E-state index contributed by atoms with van der Waals surface area (Å²) in [5.74, 6) is -0.677. The maximum Gasteiger partial charge on any atom is 0.283 e. The van der Waals surface area contributed by atoms with E-state index in [1.165, 1.54) is 12.1 Å². The molecule has 0 fully saturated rings. The Morgan fingerprint density at radius 1 is 1.18 bits per heavy atom. The number of nitrogens with one attached hydrogen (secondary N) is 1. The van der Waals surface area contributed by atoms with Gasteiger partial charge in [-0.2, -0.15) is 9.39 Å². The van der Waals surface area contributed by atoms with E-state index in [-0.39, 0.29) is 34.2 Å². The second-order valence-electron chi connectivity index (χ2n) is 7.20. The van der Waals surface area contributed by atoms with Gasteiger partial charge in [-0.1, -0.05) is 24.3 Å². The van der Waals surface area contributed by atoms with Crippen LogP contribution in [0.4, 0.5) is 4.39 Å². The van der Waals surface area contributed by atoms with Crippen LogP contribution in [0.1, 0.15) is 18.1 Å². The van der Waals surface area contributed by atoms with E-state index in [9.17, 15) is 17.6 Å². The van der Waals surface area contributed by atoms with E-state index in [1.54, 1.807) is 43.3 Å². The van der Waals surface area contributed by atoms with Crippen LogP contribution in [0.15, 0.2) is 57.4 Å². The van der Waals surface area contributed by atoms with Gasteiger partial charge in [-0.05, 0) is 36.8 Å². The molecule has 34 heavy (non-hydrogen) atoms. The highest BCUT2D eigenvalue weighted by atomic mass is 32.2. The van der Waals surface area contributed by atoms with Gasteiger partial charge in [0, 0.05) is 11.8 Å². The summed E-state index contributed by atoms with van der Waals surface area (Å²) in [6, 6.07) is 11.1. The number of carbonyl (C=O) groups is 1. The molecule has 1 N–H and O–H groups in total. The third kappa shape index (κ3) is 4.73. The van der Waals surface area contributed by atoms with Crippen molar-refractivity contribution in [3.8, 4) is 11.5 Å². The van der Waals surface area contributed by atoms with Crippen molar-refractivity contribution in [2.75, 3.05) is 12.9 Å². The fourth-order valence-electron chi connectivity index (χ4n) is 3.18. The van der Waals surface area contributed by atoms with Crippen molar-refractivity contribution < 1.29 is 27.1 Å². The Morgan fingerprint density at radius 2 is 1.94 bits per heavy atom. The van der Waals surface area contributed by atoms with E-state index >= 15 is 0 Å². The summed E-state index contributed by atoms with van der Waals surface area (Å²) in [5, 5.41) is 8.09. The molecule has 1 amide bonds. The molecule has 0 saturated heterocycles. The number of amidine groups is 3. The van der Waals surface area contributed by atoms with Gasteiger partial charge < -0.3 is 9.47 Å². The van der Waals surface area contributed by atoms with Crippen LogP contribution >= 0.6 is 11.9 Å². The zero-order valence-electron chi connectivity index (χ0n) is 18.1. The molecule has 0 aromatic heterocycles. The first-order chi connectivity index (χ1) is 16.2. The second kappa shape index (κ2) is 9.39. The van der Waals surface area contributed by atoms with Gasteiger partial charge in [-0.25, -0.2) is 17.7 Å². The Labute approximate surface area is 199 Å². The number of aliphatic imine (C=N–C) groups is 1. The third-order valence-electron chi connectivity index (χ3n) is 4.75. The molecule has 9 nitrogen and oxygen atoms in total. The van der Waals surface area contributed by atoms with Gasteiger partial charge in [0.15, 0.2) is 11.5 Å². The molecular formula is C22H19FN4O5S2. The van der Waals surface area contributed by atoms with E-state index < -0.39 is 15.7 Å². The maximum absolute atomic E-state index is 13.9. The number of hydrogen-bond donors (Lipinski definition) is 1. The number of benzene rings is 2. The van der Waals surface area contributed by atoms with E-state index in [1.807, 2.05) is 0 Å². The molecule has 2 heterocycles. The lowest BCUT2D eigenvalue weighted by Gasteiger charge is -2.23. The van der Waals surface area contributed by atoms with Gasteiger partial charge in [0.25, 0.3) is 5.91 Å². The van der Waals surface area contributed by atoms with Crippen LogP contribution < -0.4 is 9.47 Å². The number of fused-ring (bicyclic) bond motifs is 1. The molecule has 12 heteroatoms. The molecule has 2 aliphatic heterocycles. The Balaban J connectivity index is 1.63. The highest BCUT2D eigenvalue weighted by Crippen LogP contribution is 2.33. The minimum Gasteiger partial charge on any atom is -0.490 e. The number of sulfone groups is 1. The average Bonchev–Trinajstić information content (AvgIpc) is 3.22. The first kappa shape index (κ1) is 23.6. The number of carbonyl (C=O) groups excluding carboxylic acids is 1. The molecule has 176 valence electrons. The summed E-state index contributed by atoms with van der Waals surface area (Å²) in [6.45, 7) is 2.12. The predicted octanol–water partition coefficient (Wildman–Crippen LogP) is 3.42. The largest absolute Gasteiger partial charge is 0.490 e. The number of hydrogen-bond acceptors (Lipinski definition) is 8. The highest BCUT2D eigenvalue weighted by molar-refractivity contribution is 8.16. The summed E-state index contributed by atoms with van der Waals surface area (Å²) in [7, 11) is -3.74. The van der Waals surface area contributed by atoms with Gasteiger partial charge in [-0.3, -0.25) is 10.2 Å². The maximum atomic E-state index is 13.9. The van der Waals surface area contributed by atoms with E-state index in [4.69, 9.17) is 14.9 Å². The molecule has 2 aromatic carbocycles. The lowest BCUT2D eigenvalue weighted by molar-refractivity contribution is -0.114. The minimum absolute atomic E-state index is 0.00592. The molecule has 0 bridgehead atoms. The van der Waals surface area contributed by atoms with Crippen LogP contribution in [0, 0.1) is 11.2 Å². The summed E-state index contributed by atoms with van der Waals surface area (Å²) >= 11 is 0.725. The van der Waals surface area contributed by atoms with Crippen LogP contribution in [0.3, 0.4) is 0 Å². The van der Waals surface area contributed by atoms with E-state index in [0.29, 0.717) is 29.2 Å². The smallest absolute Gasteiger partial charge is 0.283 e. The summed E-state index contributed by atoms with van der Waals surface area (Å²) in [6.07, 6.45) is 2.38. The summed E-state index contributed by atoms with van der Waals surface area (Å²) in [4.78, 5) is 17.4. The third-order valence-corrected chi connectivity index (χ3v) is 6.50. The highest BCUT2D eigenvalue weighted by Gasteiger charge is 2.41. The number of ether oxygens (including phenoxy) is 2. The van der Waals surface area contributed by atoms with Crippen molar-refractivity contribution in [3.63, 3.8) is 0 Å². The minimum atomic E-state index is -3.74. The molecule has 4 rings (SSSR count). The molecule has 0 saturated carbocycles. The van der Waals surface area contributed by atoms with E-state index in [2.05, 4.69) is 9.39 Å². The molecular weight excluding hydrogens is 483 g/mol. The lowest BCUT2D eigenvalue weighted by atomic mass is 10.1. The monoisotopic (exact) mass is 502 g/mol. The molecule has 2 aliphatic rings. The van der Waals surface area contributed by atoms with Crippen LogP contribution in [0.25, 0.3) is 6.08 Å². The van der Waals surface area contributed by atoms with Gasteiger partial charge >= 0.3 is 0 Å². The van der Waals surface area contributed by atoms with Crippen LogP contribution in [-0.2, 0) is 21.2 Å². The van der Waals surface area contributed by atoms with Gasteiger partial charge in [-0.15, -0.1) is 0 Å². The molecule has 0 atom stereocenters. The van der Waals surface area contributed by atoms with Crippen molar-refractivity contribution in [2.45, 2.75) is 13.5 Å². The van der Waals surface area contributed by atoms with Crippen LogP contribution in [0.2, 0.25) is 0 Å². The summed E-state index contributed by atoms with van der Waals surface area (Å²) in [5.41, 5.74) is 0.779. The molecule has 0 radical (unpaired) electrons. The number of halogens is 1. The van der Waals surface area contributed by atoms with Crippen molar-refractivity contribution in [1.82, 2.24) is 4.90 Å². The second-order valence-corrected chi connectivity index (χ2v) is 9.84. The van der Waals surface area contributed by atoms with Crippen molar-refractivity contribution in [3.05, 3.63) is 65.0 Å². The topological polar surface area (TPSA) is 121 Å². The Hall–Kier alpha value is -3.51. The van der Waals surface area contributed by atoms with Crippen LogP contribution in [-0.4, -0.2) is 48.3 Å². The van der Waals surface area contributed by atoms with Crippen molar-refractivity contribution >= 4 is 49.9 Å². The fourth-order valence-corrected chi connectivity index (χ4v) is 5.02. The van der Waals surface area contributed by atoms with Gasteiger partial charge in [0.05, 0.1) is 24.1 Å². The Bertz CT molecular complexity index is 1390. The zero-order valence-corrected chi connectivity index (χ0v) is 19.7. The van der Waals surface area contributed by atoms with E-state index in [0.717, 1.165) is 23.1 Å². The standard InChI is InChI=1S/C22H19FN4O5S2/c1-3-31-18-11-13(8-9-17(18)32-12-14-6-4-5-7-16(14)23)10-15-19(24)27-21(25-20(15)28)33-26-22(27)34(2,29)30/h4-11,24H,3,12H2,1-2H3/b15-10-,24-19?. The molecule has 0 unspecified atom stereocenters. The van der Waals surface area contributed by atoms with Crippen molar-refractivity contribution in [2.24, 2.45) is 9.39 Å². The normalized spacial score (nSPS) is 16.9. The van der Waals surface area contributed by atoms with Crippen molar-refractivity contribution in [1.29, 1.82) is 5.41 Å². The predicted molar refractivity (Wildman–Crippen MR) is 128 cm³/mol. The number of rotatable bonds is 6. The number of nitrogens with zero attached hydrogens (tertiary/aromatic N) is 3. The average molecular weight is 503 g/mol. The fraction of sp³-hybridized carbons (Fsp3) is 0.182. The Kier molecular flexibility index (Phi) is 6.53. The Morgan fingerprint density at radius 3 is 2.65 bits per heavy atom. The first-order valence-electron chi connectivity index (χ1n) is 10.0. The van der Waals surface area contributed by atoms with Crippen LogP contribution in [0.5, 0.6) is 11.5 Å². The zero-order chi connectivity index (χ0) is 24.5. The lowest BCUT2D eigenvalue weighted by Crippen LogP contribution is -2.45. The first-order valence-corrected chi connectivity index (χ1v) is 12.7. The molecule has 2 aromatic rings. The SMILES string of the molecule is CCOc1cc(/C=C2/C(=N)N3C(=NC2=O)SN=C3S(C)(=O)=O)ccc1OCc1ccccc1F. The van der Waals surface area contributed by atoms with Gasteiger partial charge in [0.1, 0.15) is 18.3 Å².